The highest BCUT2D eigenvalue weighted by Crippen LogP contribution is 2.37. The van der Waals surface area contributed by atoms with Gasteiger partial charge in [0.25, 0.3) is 0 Å². The zero-order valence-electron chi connectivity index (χ0n) is 30.8. The molecule has 0 bridgehead atoms. The Kier molecular flexibility index (Phi) is 16.6. The molecule has 284 valence electrons. The summed E-state index contributed by atoms with van der Waals surface area (Å²) in [6.45, 7) is 1.51. The van der Waals surface area contributed by atoms with E-state index >= 15 is 0 Å². The molecule has 0 heterocycles. The maximum absolute atomic E-state index is 12.8. The van der Waals surface area contributed by atoms with Crippen LogP contribution in [0.5, 0.6) is 0 Å². The van der Waals surface area contributed by atoms with Gasteiger partial charge >= 0.3 is 23.9 Å². The summed E-state index contributed by atoms with van der Waals surface area (Å²) in [7, 11) is 6.09. The molecule has 0 aromatic heterocycles. The molecule has 54 heavy (non-hydrogen) atoms. The minimum Gasteiger partial charge on any atom is -0.460 e. The number of carbonyl (C=O) groups is 4. The molecule has 0 atom stereocenters. The van der Waals surface area contributed by atoms with Gasteiger partial charge in [0.15, 0.2) is 0 Å². The number of hydrogen-bond donors (Lipinski definition) is 0. The Morgan fingerprint density at radius 3 is 0.630 bits per heavy atom. The molecule has 0 amide bonds. The van der Waals surface area contributed by atoms with Gasteiger partial charge in [-0.25, -0.2) is 19.2 Å². The van der Waals surface area contributed by atoms with Gasteiger partial charge in [-0.15, -0.1) is 0 Å². The number of carbonyl (C=O) groups excluding carboxylic acids is 4. The Balaban J connectivity index is 1.88. The fourth-order valence-corrected chi connectivity index (χ4v) is 5.21. The lowest BCUT2D eigenvalue weighted by Crippen LogP contribution is -2.10. The number of rotatable bonds is 20. The van der Waals surface area contributed by atoms with Crippen molar-refractivity contribution in [3.8, 4) is 0 Å². The van der Waals surface area contributed by atoms with Gasteiger partial charge in [-0.05, 0) is 81.9 Å². The number of benzene rings is 4. The van der Waals surface area contributed by atoms with Crippen molar-refractivity contribution in [1.29, 1.82) is 0 Å². The summed E-state index contributed by atoms with van der Waals surface area (Å²) in [6, 6.07) is 27.8. The van der Waals surface area contributed by atoms with Crippen molar-refractivity contribution in [3.63, 3.8) is 0 Å². The molecular weight excluding hydrogens is 696 g/mol. The smallest absolute Gasteiger partial charge is 0.338 e. The van der Waals surface area contributed by atoms with Crippen LogP contribution in [0.1, 0.15) is 63.7 Å². The first-order valence-corrected chi connectivity index (χ1v) is 17.1. The molecule has 0 N–H and O–H groups in total. The van der Waals surface area contributed by atoms with Crippen LogP contribution in [-0.2, 0) is 37.9 Å². The topological polar surface area (TPSA) is 142 Å². The molecule has 12 nitrogen and oxygen atoms in total. The van der Waals surface area contributed by atoms with Crippen molar-refractivity contribution in [1.82, 2.24) is 0 Å². The fourth-order valence-electron chi connectivity index (χ4n) is 5.21. The van der Waals surface area contributed by atoms with E-state index in [9.17, 15) is 19.2 Å². The SMILES string of the molecule is COCCOC(=O)c1ccc(C(=C(c2ccc(C(=O)OCCOC)cc2)c2ccc(C(=O)OCCOC)cc2)c2ccc(C(=O)OCCOC)cc2)cc1. The molecule has 4 aromatic rings. The minimum atomic E-state index is -0.498. The minimum absolute atomic E-state index is 0.110. The lowest BCUT2D eigenvalue weighted by molar-refractivity contribution is 0.0381. The van der Waals surface area contributed by atoms with Gasteiger partial charge in [0.05, 0.1) is 48.7 Å². The summed E-state index contributed by atoms with van der Waals surface area (Å²) < 4.78 is 41.2. The molecule has 0 radical (unpaired) electrons. The maximum atomic E-state index is 12.8. The van der Waals surface area contributed by atoms with Crippen LogP contribution in [0.2, 0.25) is 0 Å². The highest BCUT2D eigenvalue weighted by molar-refractivity contribution is 6.06. The van der Waals surface area contributed by atoms with Gasteiger partial charge in [0.2, 0.25) is 0 Å². The zero-order chi connectivity index (χ0) is 38.7. The normalized spacial score (nSPS) is 10.7. The van der Waals surface area contributed by atoms with E-state index in [2.05, 4.69) is 0 Å². The molecular formula is C42H44O12. The summed E-state index contributed by atoms with van der Waals surface area (Å²) in [5, 5.41) is 0. The Bertz CT molecular complexity index is 1570. The Labute approximate surface area is 314 Å². The monoisotopic (exact) mass is 740 g/mol. The van der Waals surface area contributed by atoms with E-state index < -0.39 is 23.9 Å². The first-order valence-electron chi connectivity index (χ1n) is 17.1. The average Bonchev–Trinajstić information content (AvgIpc) is 3.20. The van der Waals surface area contributed by atoms with Crippen LogP contribution in [0, 0.1) is 0 Å². The van der Waals surface area contributed by atoms with E-state index in [4.69, 9.17) is 37.9 Å². The second-order valence-electron chi connectivity index (χ2n) is 11.6. The van der Waals surface area contributed by atoms with E-state index in [-0.39, 0.29) is 52.9 Å². The van der Waals surface area contributed by atoms with E-state index in [0.717, 1.165) is 33.4 Å². The third-order valence-corrected chi connectivity index (χ3v) is 7.97. The van der Waals surface area contributed by atoms with Gasteiger partial charge in [-0.3, -0.25) is 0 Å². The predicted molar refractivity (Wildman–Crippen MR) is 199 cm³/mol. The Morgan fingerprint density at radius 2 is 0.463 bits per heavy atom. The predicted octanol–water partition coefficient (Wildman–Crippen LogP) is 5.91. The maximum Gasteiger partial charge on any atom is 0.338 e. The van der Waals surface area contributed by atoms with Crippen LogP contribution in [0.4, 0.5) is 0 Å². The van der Waals surface area contributed by atoms with Crippen molar-refractivity contribution in [2.45, 2.75) is 0 Å². The van der Waals surface area contributed by atoms with Gasteiger partial charge in [-0.1, -0.05) is 48.5 Å². The van der Waals surface area contributed by atoms with Gasteiger partial charge in [-0.2, -0.15) is 0 Å². The van der Waals surface area contributed by atoms with Crippen LogP contribution >= 0.6 is 0 Å². The largest absolute Gasteiger partial charge is 0.460 e. The van der Waals surface area contributed by atoms with Crippen molar-refractivity contribution in [2.75, 3.05) is 81.3 Å². The lowest BCUT2D eigenvalue weighted by atomic mass is 9.85. The van der Waals surface area contributed by atoms with E-state index in [1.165, 1.54) is 28.4 Å². The lowest BCUT2D eigenvalue weighted by Gasteiger charge is -2.19. The number of ether oxygens (including phenoxy) is 8. The van der Waals surface area contributed by atoms with Crippen molar-refractivity contribution >= 4 is 35.0 Å². The molecule has 0 saturated heterocycles. The third kappa shape index (κ3) is 11.7. The second kappa shape index (κ2) is 21.8. The zero-order valence-corrected chi connectivity index (χ0v) is 30.8. The first kappa shape index (κ1) is 41.1. The molecule has 0 saturated carbocycles. The van der Waals surface area contributed by atoms with Crippen molar-refractivity contribution in [2.24, 2.45) is 0 Å². The van der Waals surface area contributed by atoms with Crippen LogP contribution in [-0.4, -0.2) is 105 Å². The molecule has 0 aliphatic heterocycles. The van der Waals surface area contributed by atoms with E-state index in [1.807, 2.05) is 0 Å². The number of methoxy groups -OCH3 is 4. The third-order valence-electron chi connectivity index (χ3n) is 7.97. The van der Waals surface area contributed by atoms with Crippen molar-refractivity contribution < 1.29 is 57.1 Å². The molecule has 0 fully saturated rings. The summed E-state index contributed by atoms with van der Waals surface area (Å²) in [6.07, 6.45) is 0. The summed E-state index contributed by atoms with van der Waals surface area (Å²) in [4.78, 5) is 51.0. The fraction of sp³-hybridized carbons (Fsp3) is 0.286. The Hall–Kier alpha value is -5.66. The standard InChI is InChI=1S/C42H44O12/c1-47-21-25-51-39(43)33-13-5-29(6-14-33)37(30-7-15-34(16-8-30)40(44)52-26-22-48-2)38(31-9-17-35(18-10-31)41(45)53-27-23-49-3)32-11-19-36(20-12-32)42(46)54-28-24-50-4/h5-20H,21-28H2,1-4H3. The van der Waals surface area contributed by atoms with E-state index in [1.54, 1.807) is 97.1 Å². The molecule has 0 aliphatic rings. The molecule has 0 unspecified atom stereocenters. The van der Waals surface area contributed by atoms with Crippen LogP contribution < -0.4 is 0 Å². The number of esters is 4. The summed E-state index contributed by atoms with van der Waals surface area (Å²) in [5.74, 6) is -1.99. The van der Waals surface area contributed by atoms with Crippen LogP contribution in [0.3, 0.4) is 0 Å². The van der Waals surface area contributed by atoms with Crippen LogP contribution in [0.25, 0.3) is 11.1 Å². The van der Waals surface area contributed by atoms with Gasteiger partial charge in [0, 0.05) is 28.4 Å². The Morgan fingerprint density at radius 1 is 0.296 bits per heavy atom. The second-order valence-corrected chi connectivity index (χ2v) is 11.6. The van der Waals surface area contributed by atoms with Gasteiger partial charge < -0.3 is 37.9 Å². The molecule has 4 aromatic carbocycles. The highest BCUT2D eigenvalue weighted by atomic mass is 16.6. The quantitative estimate of drug-likeness (QED) is 0.0461. The average molecular weight is 741 g/mol. The van der Waals surface area contributed by atoms with Gasteiger partial charge in [0.1, 0.15) is 26.4 Å². The molecule has 12 heteroatoms. The van der Waals surface area contributed by atoms with Crippen LogP contribution in [0.15, 0.2) is 97.1 Å². The van der Waals surface area contributed by atoms with Crippen molar-refractivity contribution in [3.05, 3.63) is 142 Å². The molecule has 0 aliphatic carbocycles. The highest BCUT2D eigenvalue weighted by Gasteiger charge is 2.20. The first-order chi connectivity index (χ1) is 26.3. The van der Waals surface area contributed by atoms with E-state index in [0.29, 0.717) is 22.3 Å². The number of hydrogen-bond acceptors (Lipinski definition) is 12. The molecule has 0 spiro atoms. The molecule has 4 rings (SSSR count). The summed E-state index contributed by atoms with van der Waals surface area (Å²) >= 11 is 0. The summed E-state index contributed by atoms with van der Waals surface area (Å²) in [5.41, 5.74) is 5.71.